The van der Waals surface area contributed by atoms with Gasteiger partial charge in [-0.1, -0.05) is 58.5 Å². The first kappa shape index (κ1) is 25.0. The Morgan fingerprint density at radius 3 is 1.89 bits per heavy atom. The van der Waals surface area contributed by atoms with Gasteiger partial charge < -0.3 is 9.47 Å². The average molecular weight is 553 g/mol. The zero-order chi connectivity index (χ0) is 25.4. The highest BCUT2D eigenvalue weighted by atomic mass is 35.5. The molecule has 1 heterocycles. The van der Waals surface area contributed by atoms with Gasteiger partial charge in [0.1, 0.15) is 5.75 Å². The molecular formula is C24H13Cl4NO6. The van der Waals surface area contributed by atoms with Crippen LogP contribution in [0.1, 0.15) is 41.4 Å². The van der Waals surface area contributed by atoms with E-state index in [2.05, 4.69) is 0 Å². The second kappa shape index (κ2) is 9.87. The van der Waals surface area contributed by atoms with E-state index in [1.54, 1.807) is 12.1 Å². The van der Waals surface area contributed by atoms with Crippen LogP contribution in [0.25, 0.3) is 0 Å². The minimum atomic E-state index is -0.924. The van der Waals surface area contributed by atoms with Crippen LogP contribution in [-0.4, -0.2) is 37.3 Å². The van der Waals surface area contributed by atoms with Crippen LogP contribution in [0.5, 0.6) is 5.75 Å². The Kier molecular flexibility index (Phi) is 7.05. The van der Waals surface area contributed by atoms with Gasteiger partial charge in [-0.15, -0.1) is 0 Å². The van der Waals surface area contributed by atoms with Gasteiger partial charge in [-0.05, 0) is 36.4 Å². The average Bonchev–Trinajstić information content (AvgIpc) is 3.14. The van der Waals surface area contributed by atoms with Gasteiger partial charge in [-0.3, -0.25) is 14.4 Å². The maximum absolute atomic E-state index is 13.2. The van der Waals surface area contributed by atoms with Crippen molar-refractivity contribution in [1.82, 2.24) is 0 Å². The molecule has 0 saturated heterocycles. The van der Waals surface area contributed by atoms with Crippen molar-refractivity contribution in [2.45, 2.75) is 0 Å². The molecule has 35 heavy (non-hydrogen) atoms. The number of para-hydroxylation sites is 1. The highest BCUT2D eigenvalue weighted by molar-refractivity contribution is 6.56. The fraction of sp³-hybridized carbons (Fsp3) is 0.0833. The van der Waals surface area contributed by atoms with Crippen LogP contribution >= 0.6 is 46.4 Å². The Bertz CT molecular complexity index is 1360. The number of ether oxygens (including phenoxy) is 2. The van der Waals surface area contributed by atoms with Gasteiger partial charge in [-0.25, -0.2) is 9.69 Å². The molecule has 178 valence electrons. The van der Waals surface area contributed by atoms with Gasteiger partial charge in [0.2, 0.25) is 0 Å². The predicted molar refractivity (Wildman–Crippen MR) is 132 cm³/mol. The van der Waals surface area contributed by atoms with E-state index in [1.165, 1.54) is 43.5 Å². The highest BCUT2D eigenvalue weighted by Gasteiger charge is 2.43. The van der Waals surface area contributed by atoms with Gasteiger partial charge in [0.05, 0.1) is 49.6 Å². The number of rotatable bonds is 6. The number of Topliss-reactive ketones (excluding diaryl/α,β-unsaturated/α-hetero) is 1. The number of halogens is 4. The number of amides is 2. The summed E-state index contributed by atoms with van der Waals surface area (Å²) in [6, 6.07) is 12.0. The minimum absolute atomic E-state index is 0.0834. The third-order valence-corrected chi connectivity index (χ3v) is 7.01. The number of nitrogens with zero attached hydrogens (tertiary/aromatic N) is 1. The second-order valence-electron chi connectivity index (χ2n) is 7.20. The molecular weight excluding hydrogens is 540 g/mol. The second-order valence-corrected chi connectivity index (χ2v) is 8.71. The minimum Gasteiger partial charge on any atom is -0.497 e. The van der Waals surface area contributed by atoms with Gasteiger partial charge in [0, 0.05) is 5.56 Å². The Hall–Kier alpha value is -3.10. The van der Waals surface area contributed by atoms with E-state index in [9.17, 15) is 19.2 Å². The first-order valence-electron chi connectivity index (χ1n) is 9.85. The summed E-state index contributed by atoms with van der Waals surface area (Å²) in [6.45, 7) is -0.565. The van der Waals surface area contributed by atoms with E-state index < -0.39 is 30.2 Å². The maximum atomic E-state index is 13.2. The molecule has 0 radical (unpaired) electrons. The number of carbonyl (C=O) groups excluding carboxylic acids is 4. The van der Waals surface area contributed by atoms with Crippen LogP contribution in [0, 0.1) is 0 Å². The van der Waals surface area contributed by atoms with E-state index in [0.717, 1.165) is 4.90 Å². The Labute approximate surface area is 219 Å². The summed E-state index contributed by atoms with van der Waals surface area (Å²) in [5.41, 5.74) is -0.359. The number of benzene rings is 3. The maximum Gasteiger partial charge on any atom is 0.340 e. The molecule has 0 saturated carbocycles. The SMILES string of the molecule is COc1ccc(C(=O)COC(=O)c2ccccc2N2C(=O)c3c(Cl)c(Cl)c(Cl)c(Cl)c3C2=O)cc1. The highest BCUT2D eigenvalue weighted by Crippen LogP contribution is 2.46. The molecule has 0 atom stereocenters. The number of hydrogen-bond donors (Lipinski definition) is 0. The molecule has 0 fully saturated rings. The molecule has 2 amide bonds. The Balaban J connectivity index is 1.62. The molecule has 1 aliphatic heterocycles. The number of imide groups is 1. The van der Waals surface area contributed by atoms with Gasteiger partial charge in [-0.2, -0.15) is 0 Å². The third kappa shape index (κ3) is 4.36. The van der Waals surface area contributed by atoms with Crippen LogP contribution in [0.4, 0.5) is 5.69 Å². The van der Waals surface area contributed by atoms with Crippen LogP contribution in [0.3, 0.4) is 0 Å². The van der Waals surface area contributed by atoms with Crippen molar-refractivity contribution in [1.29, 1.82) is 0 Å². The molecule has 0 aliphatic carbocycles. The normalized spacial score (nSPS) is 12.5. The summed E-state index contributed by atoms with van der Waals surface area (Å²) in [7, 11) is 1.50. The number of hydrogen-bond acceptors (Lipinski definition) is 6. The summed E-state index contributed by atoms with van der Waals surface area (Å²) in [5, 5.41) is -0.821. The van der Waals surface area contributed by atoms with Crippen LogP contribution in [0.2, 0.25) is 20.1 Å². The summed E-state index contributed by atoms with van der Waals surface area (Å²) < 4.78 is 10.2. The smallest absolute Gasteiger partial charge is 0.340 e. The summed E-state index contributed by atoms with van der Waals surface area (Å²) in [4.78, 5) is 52.3. The molecule has 0 spiro atoms. The van der Waals surface area contributed by atoms with E-state index in [1.807, 2.05) is 0 Å². The van der Waals surface area contributed by atoms with Gasteiger partial charge in [0.25, 0.3) is 11.8 Å². The summed E-state index contributed by atoms with van der Waals surface area (Å²) >= 11 is 24.5. The number of carbonyl (C=O) groups is 4. The van der Waals surface area contributed by atoms with Crippen molar-refractivity contribution in [3.63, 3.8) is 0 Å². The van der Waals surface area contributed by atoms with Crippen molar-refractivity contribution in [2.24, 2.45) is 0 Å². The lowest BCUT2D eigenvalue weighted by atomic mass is 10.1. The quantitative estimate of drug-likeness (QED) is 0.120. The van der Waals surface area contributed by atoms with Gasteiger partial charge in [0.15, 0.2) is 12.4 Å². The molecule has 7 nitrogen and oxygen atoms in total. The van der Waals surface area contributed by atoms with E-state index in [-0.39, 0.29) is 42.5 Å². The van der Waals surface area contributed by atoms with Crippen molar-refractivity contribution < 1.29 is 28.7 Å². The third-order valence-electron chi connectivity index (χ3n) is 5.21. The fourth-order valence-electron chi connectivity index (χ4n) is 3.48. The lowest BCUT2D eigenvalue weighted by molar-refractivity contribution is 0.0475. The molecule has 11 heteroatoms. The Morgan fingerprint density at radius 2 is 1.34 bits per heavy atom. The number of esters is 1. The molecule has 0 aromatic heterocycles. The van der Waals surface area contributed by atoms with E-state index >= 15 is 0 Å². The summed E-state index contributed by atoms with van der Waals surface area (Å²) in [6.07, 6.45) is 0. The van der Waals surface area contributed by atoms with Crippen LogP contribution < -0.4 is 9.64 Å². The number of methoxy groups -OCH3 is 1. The lowest BCUT2D eigenvalue weighted by Gasteiger charge is -2.17. The molecule has 0 N–H and O–H groups in total. The van der Waals surface area contributed by atoms with Crippen molar-refractivity contribution in [3.05, 3.63) is 90.9 Å². The predicted octanol–water partition coefficient (Wildman–Crippen LogP) is 6.15. The topological polar surface area (TPSA) is 90.0 Å². The molecule has 3 aromatic rings. The first-order chi connectivity index (χ1) is 16.7. The van der Waals surface area contributed by atoms with Crippen molar-refractivity contribution in [2.75, 3.05) is 18.6 Å². The largest absolute Gasteiger partial charge is 0.497 e. The monoisotopic (exact) mass is 551 g/mol. The van der Waals surface area contributed by atoms with E-state index in [0.29, 0.717) is 11.3 Å². The molecule has 0 unspecified atom stereocenters. The first-order valence-corrected chi connectivity index (χ1v) is 11.4. The number of fused-ring (bicyclic) bond motifs is 1. The van der Waals surface area contributed by atoms with Gasteiger partial charge >= 0.3 is 5.97 Å². The lowest BCUT2D eigenvalue weighted by Crippen LogP contribution is -2.31. The zero-order valence-corrected chi connectivity index (χ0v) is 20.8. The Morgan fingerprint density at radius 1 is 0.800 bits per heavy atom. The van der Waals surface area contributed by atoms with Crippen LogP contribution in [-0.2, 0) is 4.74 Å². The van der Waals surface area contributed by atoms with Crippen LogP contribution in [0.15, 0.2) is 48.5 Å². The van der Waals surface area contributed by atoms with E-state index in [4.69, 9.17) is 55.9 Å². The number of ketones is 1. The van der Waals surface area contributed by atoms with Crippen molar-refractivity contribution >= 4 is 75.7 Å². The zero-order valence-electron chi connectivity index (χ0n) is 17.7. The number of anilines is 1. The molecule has 3 aromatic carbocycles. The molecule has 4 rings (SSSR count). The standard InChI is InChI=1S/C24H13Cl4NO6/c1-34-12-8-6-11(7-9-12)15(30)10-35-24(33)13-4-2-3-5-14(13)29-22(31)16-17(23(29)32)19(26)21(28)20(27)18(16)25/h2-9H,10H2,1H3. The molecule has 0 bridgehead atoms. The summed E-state index contributed by atoms with van der Waals surface area (Å²) in [5.74, 6) is -2.50. The molecule has 1 aliphatic rings. The van der Waals surface area contributed by atoms with Crippen molar-refractivity contribution in [3.8, 4) is 5.75 Å². The fourth-order valence-corrected chi connectivity index (χ4v) is 4.49.